The van der Waals surface area contributed by atoms with Crippen LogP contribution in [0.15, 0.2) is 115 Å². The Labute approximate surface area is 319 Å². The number of hydrogen-bond acceptors (Lipinski definition) is 1. The van der Waals surface area contributed by atoms with Gasteiger partial charge in [-0.25, -0.2) is 0 Å². The Kier molecular flexibility index (Phi) is 20.0. The summed E-state index contributed by atoms with van der Waals surface area (Å²) >= 11 is 1.77. The van der Waals surface area contributed by atoms with Crippen molar-refractivity contribution in [3.05, 3.63) is 165 Å². The van der Waals surface area contributed by atoms with Gasteiger partial charge in [-0.1, -0.05) is 216 Å². The van der Waals surface area contributed by atoms with Gasteiger partial charge in [-0.15, -0.1) is 0 Å². The third-order valence-electron chi connectivity index (χ3n) is 9.29. The van der Waals surface area contributed by atoms with E-state index < -0.39 is 0 Å². The van der Waals surface area contributed by atoms with Gasteiger partial charge in [0.1, 0.15) is 0 Å². The fraction of sp³-hybridized carbons (Fsp3) is 0.400. The second-order valence-electron chi connectivity index (χ2n) is 14.6. The third-order valence-corrected chi connectivity index (χ3v) is 10.3. The summed E-state index contributed by atoms with van der Waals surface area (Å²) in [6.07, 6.45) is 7.12. The summed E-state index contributed by atoms with van der Waals surface area (Å²) in [6, 6.07) is 33.8. The molecule has 4 rings (SSSR count). The van der Waals surface area contributed by atoms with Crippen LogP contribution < -0.4 is 0 Å². The minimum Gasteiger partial charge on any atom is -0.0985 e. The van der Waals surface area contributed by atoms with Crippen molar-refractivity contribution in [2.75, 3.05) is 0 Å². The lowest BCUT2D eigenvalue weighted by Gasteiger charge is -2.32. The predicted octanol–water partition coefficient (Wildman–Crippen LogP) is 15.8. The maximum Gasteiger partial charge on any atom is 0.0148 e. The summed E-state index contributed by atoms with van der Waals surface area (Å²) in [7, 11) is 0. The van der Waals surface area contributed by atoms with E-state index in [0.29, 0.717) is 5.92 Å². The van der Waals surface area contributed by atoms with Gasteiger partial charge in [0, 0.05) is 4.91 Å². The van der Waals surface area contributed by atoms with Crippen LogP contribution in [0.3, 0.4) is 0 Å². The molecule has 0 heterocycles. The fourth-order valence-corrected chi connectivity index (χ4v) is 6.60. The normalized spacial score (nSPS) is 11.8. The first-order valence-corrected chi connectivity index (χ1v) is 20.0. The van der Waals surface area contributed by atoms with Gasteiger partial charge in [-0.05, 0) is 99.8 Å². The molecule has 0 amide bonds. The molecule has 1 atom stereocenters. The molecule has 0 aliphatic rings. The molecule has 4 aromatic carbocycles. The maximum atomic E-state index is 4.16. The van der Waals surface area contributed by atoms with Crippen molar-refractivity contribution in [2.24, 2.45) is 5.92 Å². The molecule has 4 aromatic rings. The number of benzene rings is 4. The molecule has 0 saturated heterocycles. The molecule has 0 spiro atoms. The fourth-order valence-electron chi connectivity index (χ4n) is 5.87. The van der Waals surface area contributed by atoms with E-state index in [4.69, 9.17) is 0 Å². The molecule has 0 aliphatic carbocycles. The Balaban J connectivity index is 0.000000850. The summed E-state index contributed by atoms with van der Waals surface area (Å²) in [4.78, 5) is 2.39. The Morgan fingerprint density at radius 1 is 0.725 bits per heavy atom. The monoisotopic (exact) mass is 703 g/mol. The molecular formula is C50H70S. The highest BCUT2D eigenvalue weighted by atomic mass is 32.2. The van der Waals surface area contributed by atoms with Crippen LogP contribution in [0.1, 0.15) is 147 Å². The van der Waals surface area contributed by atoms with Gasteiger partial charge in [0.15, 0.2) is 0 Å². The second-order valence-corrected chi connectivity index (χ2v) is 16.0. The molecule has 0 N–H and O–H groups in total. The van der Waals surface area contributed by atoms with E-state index >= 15 is 0 Å². The van der Waals surface area contributed by atoms with Crippen molar-refractivity contribution in [2.45, 2.75) is 127 Å². The number of hydrogen-bond donors (Lipinski definition) is 0. The van der Waals surface area contributed by atoms with Gasteiger partial charge in [0.2, 0.25) is 0 Å². The number of allylic oxidation sites excluding steroid dienone is 2. The summed E-state index contributed by atoms with van der Waals surface area (Å²) in [5.41, 5.74) is 12.4. The zero-order valence-corrected chi connectivity index (χ0v) is 35.7. The van der Waals surface area contributed by atoms with Crippen molar-refractivity contribution < 1.29 is 0 Å². The van der Waals surface area contributed by atoms with Gasteiger partial charge in [0.25, 0.3) is 0 Å². The average molecular weight is 703 g/mol. The number of aryl methyl sites for hydroxylation is 1. The number of rotatable bonds is 11. The molecule has 0 nitrogen and oxygen atoms in total. The van der Waals surface area contributed by atoms with Crippen LogP contribution in [0.25, 0.3) is 11.0 Å². The second kappa shape index (κ2) is 22.4. The molecule has 0 fully saturated rings. The van der Waals surface area contributed by atoms with E-state index in [1.54, 1.807) is 11.8 Å². The van der Waals surface area contributed by atoms with Crippen LogP contribution >= 0.6 is 11.8 Å². The van der Waals surface area contributed by atoms with Gasteiger partial charge in [-0.2, -0.15) is 0 Å². The standard InChI is InChI=1S/C37H48S.C9H10.2C2H6/c1-11-27(5)37(9,10)34-18-14-16-29(25-34)20-31-21-30(22-32(23-31)35(12-2)38-26(3)4)19-28-15-13-17-33(24-28)36(6,7)8;1-3-9-6-4-5-8(2)7-9;2*1-2/h12-18,21-25,27H,3,11,19-20H2,1-2,4-10H3;3-7H,1H2,2H3;2*1-2H3/b35-12-;;;. The first kappa shape index (κ1) is 45.5. The highest BCUT2D eigenvalue weighted by molar-refractivity contribution is 8.11. The SMILES string of the molecule is C=C(C)S/C(=C\C)c1cc(Cc2cccc(C(C)(C)C)c2)cc(Cc2cccc(C(C)(C)C(C)CC)c2)c1.C=Cc1cccc(C)c1.CC.CC. The summed E-state index contributed by atoms with van der Waals surface area (Å²) < 4.78 is 0. The smallest absolute Gasteiger partial charge is 0.0148 e. The highest BCUT2D eigenvalue weighted by Gasteiger charge is 2.26. The molecule has 276 valence electrons. The zero-order valence-electron chi connectivity index (χ0n) is 34.8. The van der Waals surface area contributed by atoms with E-state index in [2.05, 4.69) is 167 Å². The van der Waals surface area contributed by atoms with E-state index in [0.717, 1.165) is 17.7 Å². The minimum absolute atomic E-state index is 0.146. The van der Waals surface area contributed by atoms with Crippen molar-refractivity contribution in [1.82, 2.24) is 0 Å². The minimum atomic E-state index is 0.146. The molecule has 0 saturated carbocycles. The van der Waals surface area contributed by atoms with Gasteiger partial charge >= 0.3 is 0 Å². The van der Waals surface area contributed by atoms with Crippen molar-refractivity contribution >= 4 is 22.7 Å². The quantitative estimate of drug-likeness (QED) is 0.150. The van der Waals surface area contributed by atoms with Crippen LogP contribution in [0.2, 0.25) is 0 Å². The third kappa shape index (κ3) is 14.9. The predicted molar refractivity (Wildman–Crippen MR) is 236 cm³/mol. The molecular weight excluding hydrogens is 633 g/mol. The molecule has 0 radical (unpaired) electrons. The van der Waals surface area contributed by atoms with Gasteiger partial charge in [0.05, 0.1) is 0 Å². The van der Waals surface area contributed by atoms with E-state index in [-0.39, 0.29) is 10.8 Å². The highest BCUT2D eigenvalue weighted by Crippen LogP contribution is 2.36. The van der Waals surface area contributed by atoms with E-state index in [1.165, 1.54) is 61.4 Å². The summed E-state index contributed by atoms with van der Waals surface area (Å²) in [6.45, 7) is 38.4. The average Bonchev–Trinajstić information content (AvgIpc) is 3.11. The van der Waals surface area contributed by atoms with Gasteiger partial charge in [-0.3, -0.25) is 0 Å². The molecule has 51 heavy (non-hydrogen) atoms. The molecule has 1 unspecified atom stereocenters. The van der Waals surface area contributed by atoms with Crippen LogP contribution in [0, 0.1) is 12.8 Å². The van der Waals surface area contributed by atoms with Crippen LogP contribution in [0.5, 0.6) is 0 Å². The Morgan fingerprint density at radius 3 is 1.67 bits per heavy atom. The Hall–Kier alpha value is -3.55. The topological polar surface area (TPSA) is 0 Å². The molecule has 0 aromatic heterocycles. The Morgan fingerprint density at radius 2 is 1.24 bits per heavy atom. The molecule has 0 aliphatic heterocycles. The molecule has 0 bridgehead atoms. The maximum absolute atomic E-state index is 4.16. The van der Waals surface area contributed by atoms with Crippen LogP contribution in [0.4, 0.5) is 0 Å². The van der Waals surface area contributed by atoms with Crippen LogP contribution in [-0.2, 0) is 23.7 Å². The largest absolute Gasteiger partial charge is 0.0985 e. The van der Waals surface area contributed by atoms with Gasteiger partial charge < -0.3 is 0 Å². The van der Waals surface area contributed by atoms with Crippen molar-refractivity contribution in [3.8, 4) is 0 Å². The Bertz CT molecular complexity index is 1670. The summed E-state index contributed by atoms with van der Waals surface area (Å²) in [5, 5.41) is 0. The van der Waals surface area contributed by atoms with Crippen molar-refractivity contribution in [3.63, 3.8) is 0 Å². The molecule has 1 heteroatoms. The zero-order chi connectivity index (χ0) is 38.8. The van der Waals surface area contributed by atoms with Crippen molar-refractivity contribution in [1.29, 1.82) is 0 Å². The van der Waals surface area contributed by atoms with E-state index in [1.807, 2.05) is 45.9 Å². The summed E-state index contributed by atoms with van der Waals surface area (Å²) in [5.74, 6) is 0.632. The first-order chi connectivity index (χ1) is 24.2. The van der Waals surface area contributed by atoms with E-state index in [9.17, 15) is 0 Å². The van der Waals surface area contributed by atoms with Crippen LogP contribution in [-0.4, -0.2) is 0 Å². The lowest BCUT2D eigenvalue weighted by Crippen LogP contribution is -2.26. The lowest BCUT2D eigenvalue weighted by atomic mass is 9.73. The first-order valence-electron chi connectivity index (χ1n) is 19.2. The number of thioether (sulfide) groups is 1. The lowest BCUT2D eigenvalue weighted by molar-refractivity contribution is 0.334.